The lowest BCUT2D eigenvalue weighted by atomic mass is 10.1. The number of carbonyl (C=O) groups excluding carboxylic acids is 2. The van der Waals surface area contributed by atoms with Crippen LogP contribution in [-0.4, -0.2) is 41.8 Å². The lowest BCUT2D eigenvalue weighted by Gasteiger charge is -2.22. The Morgan fingerprint density at radius 2 is 1.83 bits per heavy atom. The minimum absolute atomic E-state index is 0.0143. The van der Waals surface area contributed by atoms with Gasteiger partial charge in [-0.05, 0) is 27.2 Å². The number of carboxylic acids is 1. The molecule has 0 rings (SSSR count). The minimum Gasteiger partial charge on any atom is -0.480 e. The van der Waals surface area contributed by atoms with Crippen molar-refractivity contribution >= 4 is 18.0 Å². The molecule has 104 valence electrons. The first-order valence-corrected chi connectivity index (χ1v) is 5.54. The Morgan fingerprint density at radius 1 is 1.28 bits per heavy atom. The predicted molar refractivity (Wildman–Crippen MR) is 64.1 cm³/mol. The van der Waals surface area contributed by atoms with Gasteiger partial charge in [-0.25, -0.2) is 9.59 Å². The van der Waals surface area contributed by atoms with Crippen molar-refractivity contribution in [3.05, 3.63) is 0 Å². The molecular weight excluding hydrogens is 240 g/mol. The predicted octanol–water partition coefficient (Wildman–Crippen LogP) is 0.491. The molecule has 0 radical (unpaired) electrons. The highest BCUT2D eigenvalue weighted by Gasteiger charge is 2.23. The first-order valence-electron chi connectivity index (χ1n) is 5.54. The number of hydrogen-bond donors (Lipinski definition) is 3. The Bertz CT molecular complexity index is 322. The number of nitrogens with one attached hydrogen (secondary N) is 2. The number of carboxylic acid groups (broad SMARTS) is 1. The molecule has 7 heteroatoms. The number of urea groups is 1. The van der Waals surface area contributed by atoms with Crippen molar-refractivity contribution < 1.29 is 24.2 Å². The second-order valence-corrected chi connectivity index (χ2v) is 4.85. The van der Waals surface area contributed by atoms with E-state index in [4.69, 9.17) is 5.11 Å². The van der Waals surface area contributed by atoms with Crippen LogP contribution in [0.3, 0.4) is 0 Å². The van der Waals surface area contributed by atoms with Crippen molar-refractivity contribution in [2.75, 3.05) is 7.11 Å². The summed E-state index contributed by atoms with van der Waals surface area (Å²) in [6, 6.07) is -1.70. The molecule has 0 unspecified atom stereocenters. The molecule has 0 bridgehead atoms. The quantitative estimate of drug-likeness (QED) is 0.624. The third-order valence-electron chi connectivity index (χ3n) is 1.96. The number of ether oxygens (including phenoxy) is 1. The van der Waals surface area contributed by atoms with Gasteiger partial charge in [-0.3, -0.25) is 4.79 Å². The van der Waals surface area contributed by atoms with E-state index in [2.05, 4.69) is 15.4 Å². The standard InChI is InChI=1S/C11H20N2O5/c1-11(2,3)13-10(17)12-7(9(15)16)5-6-8(14)18-4/h7H,5-6H2,1-4H3,(H,15,16)(H2,12,13,17)/t7-/m0/s1. The van der Waals surface area contributed by atoms with Crippen molar-refractivity contribution in [1.29, 1.82) is 0 Å². The molecule has 0 aliphatic rings. The molecule has 0 aromatic rings. The van der Waals surface area contributed by atoms with Crippen LogP contribution in [-0.2, 0) is 14.3 Å². The van der Waals surface area contributed by atoms with Crippen LogP contribution in [0.15, 0.2) is 0 Å². The zero-order valence-electron chi connectivity index (χ0n) is 11.1. The van der Waals surface area contributed by atoms with E-state index in [1.54, 1.807) is 20.8 Å². The zero-order chi connectivity index (χ0) is 14.3. The smallest absolute Gasteiger partial charge is 0.326 e. The summed E-state index contributed by atoms with van der Waals surface area (Å²) in [6.45, 7) is 5.32. The van der Waals surface area contributed by atoms with Gasteiger partial charge < -0.3 is 20.5 Å². The lowest BCUT2D eigenvalue weighted by Crippen LogP contribution is -2.51. The number of amides is 2. The van der Waals surface area contributed by atoms with Crippen molar-refractivity contribution in [2.45, 2.75) is 45.2 Å². The normalized spacial score (nSPS) is 12.4. The Labute approximate surface area is 106 Å². The fourth-order valence-corrected chi connectivity index (χ4v) is 1.16. The molecule has 1 atom stereocenters. The molecular formula is C11H20N2O5. The maximum Gasteiger partial charge on any atom is 0.326 e. The third-order valence-corrected chi connectivity index (χ3v) is 1.96. The molecule has 0 saturated carbocycles. The van der Waals surface area contributed by atoms with Gasteiger partial charge >= 0.3 is 18.0 Å². The van der Waals surface area contributed by atoms with Crippen LogP contribution in [0.5, 0.6) is 0 Å². The molecule has 0 heterocycles. The van der Waals surface area contributed by atoms with Gasteiger partial charge in [-0.15, -0.1) is 0 Å². The second kappa shape index (κ2) is 6.83. The summed E-state index contributed by atoms with van der Waals surface area (Å²) >= 11 is 0. The van der Waals surface area contributed by atoms with Crippen LogP contribution >= 0.6 is 0 Å². The number of aliphatic carboxylic acids is 1. The van der Waals surface area contributed by atoms with E-state index < -0.39 is 29.6 Å². The first-order chi connectivity index (χ1) is 8.15. The number of esters is 1. The first kappa shape index (κ1) is 16.2. The topological polar surface area (TPSA) is 105 Å². The maximum atomic E-state index is 11.5. The van der Waals surface area contributed by atoms with Gasteiger partial charge in [0.1, 0.15) is 6.04 Å². The highest BCUT2D eigenvalue weighted by Crippen LogP contribution is 2.02. The van der Waals surface area contributed by atoms with E-state index in [1.165, 1.54) is 7.11 Å². The summed E-state index contributed by atoms with van der Waals surface area (Å²) in [5.41, 5.74) is -0.463. The van der Waals surface area contributed by atoms with E-state index in [-0.39, 0.29) is 12.8 Å². The van der Waals surface area contributed by atoms with Crippen LogP contribution < -0.4 is 10.6 Å². The van der Waals surface area contributed by atoms with Crippen molar-refractivity contribution in [2.24, 2.45) is 0 Å². The number of carbonyl (C=O) groups is 3. The molecule has 7 nitrogen and oxygen atoms in total. The van der Waals surface area contributed by atoms with Gasteiger partial charge in [0.25, 0.3) is 0 Å². The molecule has 3 N–H and O–H groups in total. The van der Waals surface area contributed by atoms with Gasteiger partial charge in [0, 0.05) is 12.0 Å². The summed E-state index contributed by atoms with van der Waals surface area (Å²) in [5.74, 6) is -1.71. The Kier molecular flexibility index (Phi) is 6.15. The highest BCUT2D eigenvalue weighted by molar-refractivity contribution is 5.83. The Hall–Kier alpha value is -1.79. The van der Waals surface area contributed by atoms with Crippen molar-refractivity contribution in [3.63, 3.8) is 0 Å². The van der Waals surface area contributed by atoms with E-state index in [1.807, 2.05) is 0 Å². The molecule has 0 aliphatic carbocycles. The summed E-state index contributed by atoms with van der Waals surface area (Å²) in [4.78, 5) is 33.3. The van der Waals surface area contributed by atoms with Gasteiger partial charge in [-0.2, -0.15) is 0 Å². The Balaban J connectivity index is 4.32. The van der Waals surface area contributed by atoms with Crippen LogP contribution in [0.2, 0.25) is 0 Å². The van der Waals surface area contributed by atoms with Crippen LogP contribution in [0, 0.1) is 0 Å². The minimum atomic E-state index is -1.19. The third kappa shape index (κ3) is 7.48. The number of rotatable bonds is 5. The highest BCUT2D eigenvalue weighted by atomic mass is 16.5. The van der Waals surface area contributed by atoms with Crippen LogP contribution in [0.4, 0.5) is 4.79 Å². The molecule has 0 aromatic carbocycles. The van der Waals surface area contributed by atoms with Gasteiger partial charge in [-0.1, -0.05) is 0 Å². The molecule has 0 aromatic heterocycles. The average molecular weight is 260 g/mol. The molecule has 0 fully saturated rings. The molecule has 0 spiro atoms. The summed E-state index contributed by atoms with van der Waals surface area (Å²) in [7, 11) is 1.22. The molecule has 2 amide bonds. The van der Waals surface area contributed by atoms with Crippen molar-refractivity contribution in [3.8, 4) is 0 Å². The van der Waals surface area contributed by atoms with Gasteiger partial charge in [0.15, 0.2) is 0 Å². The van der Waals surface area contributed by atoms with Crippen LogP contribution in [0.25, 0.3) is 0 Å². The maximum absolute atomic E-state index is 11.5. The fourth-order valence-electron chi connectivity index (χ4n) is 1.16. The van der Waals surface area contributed by atoms with Gasteiger partial charge in [0.05, 0.1) is 7.11 Å². The second-order valence-electron chi connectivity index (χ2n) is 4.85. The number of hydrogen-bond acceptors (Lipinski definition) is 4. The summed E-state index contributed by atoms with van der Waals surface area (Å²) in [6.07, 6.45) is -0.0805. The van der Waals surface area contributed by atoms with Crippen molar-refractivity contribution in [1.82, 2.24) is 10.6 Å². The van der Waals surface area contributed by atoms with E-state index in [9.17, 15) is 14.4 Å². The monoisotopic (exact) mass is 260 g/mol. The SMILES string of the molecule is COC(=O)CC[C@H](NC(=O)NC(C)(C)C)C(=O)O. The van der Waals surface area contributed by atoms with Crippen LogP contribution in [0.1, 0.15) is 33.6 Å². The summed E-state index contributed by atoms with van der Waals surface area (Å²) in [5, 5.41) is 13.8. The average Bonchev–Trinajstić information content (AvgIpc) is 2.20. The number of methoxy groups -OCH3 is 1. The summed E-state index contributed by atoms with van der Waals surface area (Å²) < 4.78 is 4.41. The van der Waals surface area contributed by atoms with E-state index in [0.717, 1.165) is 0 Å². The molecule has 0 aliphatic heterocycles. The van der Waals surface area contributed by atoms with E-state index in [0.29, 0.717) is 0 Å². The molecule has 0 saturated heterocycles. The zero-order valence-corrected chi connectivity index (χ0v) is 11.1. The van der Waals surface area contributed by atoms with Gasteiger partial charge in [0.2, 0.25) is 0 Å². The Morgan fingerprint density at radius 3 is 2.22 bits per heavy atom. The van der Waals surface area contributed by atoms with E-state index >= 15 is 0 Å². The molecule has 18 heavy (non-hydrogen) atoms. The lowest BCUT2D eigenvalue weighted by molar-refractivity contribution is -0.142. The fraction of sp³-hybridized carbons (Fsp3) is 0.727. The largest absolute Gasteiger partial charge is 0.480 e.